The molecule has 0 aromatic carbocycles. The number of unbranched alkanes of at least 4 members (excludes halogenated alkanes) is 32. The number of hydrogen-bond donors (Lipinski definition) is 3. The van der Waals surface area contributed by atoms with Crippen molar-refractivity contribution in [2.45, 2.75) is 316 Å². The normalized spacial score (nSPS) is 14.3. The van der Waals surface area contributed by atoms with E-state index in [0.29, 0.717) is 25.7 Å². The Balaban J connectivity index is 5.12. The minimum atomic E-state index is -4.94. The van der Waals surface area contributed by atoms with E-state index in [9.17, 15) is 43.2 Å². The van der Waals surface area contributed by atoms with Crippen LogP contribution in [-0.2, 0) is 65.4 Å². The highest BCUT2D eigenvalue weighted by atomic mass is 31.2. The van der Waals surface area contributed by atoms with E-state index in [1.165, 1.54) is 103 Å². The van der Waals surface area contributed by atoms with Crippen LogP contribution in [0.1, 0.15) is 298 Å². The smallest absolute Gasteiger partial charge is 0.462 e. The Bertz CT molecular complexity index is 1550. The molecule has 0 fully saturated rings. The first-order valence-electron chi connectivity index (χ1n) is 31.6. The topological polar surface area (TPSA) is 237 Å². The lowest BCUT2D eigenvalue weighted by atomic mass is 10.0. The first-order valence-corrected chi connectivity index (χ1v) is 34.6. The number of ether oxygens (including phenoxy) is 4. The lowest BCUT2D eigenvalue weighted by molar-refractivity contribution is -0.161. The minimum absolute atomic E-state index is 0.103. The fraction of sp³-hybridized carbons (Fsp3) is 0.933. The van der Waals surface area contributed by atoms with Crippen LogP contribution in [0, 0.1) is 5.92 Å². The summed E-state index contributed by atoms with van der Waals surface area (Å²) in [6.45, 7) is 7.05. The highest BCUT2D eigenvalue weighted by molar-refractivity contribution is 7.47. The number of rotatable bonds is 60. The molecule has 0 saturated heterocycles. The predicted molar refractivity (Wildman–Crippen MR) is 312 cm³/mol. The summed E-state index contributed by atoms with van der Waals surface area (Å²) in [6.07, 6.45) is 36.7. The van der Waals surface area contributed by atoms with Gasteiger partial charge in [0.1, 0.15) is 19.3 Å². The molecule has 0 saturated carbocycles. The molecule has 19 heteroatoms. The van der Waals surface area contributed by atoms with Gasteiger partial charge in [-0.3, -0.25) is 37.3 Å². The third kappa shape index (κ3) is 55.0. The average Bonchev–Trinajstić information content (AvgIpc) is 3.41. The van der Waals surface area contributed by atoms with Crippen molar-refractivity contribution in [3.8, 4) is 0 Å². The van der Waals surface area contributed by atoms with Gasteiger partial charge in [-0.1, -0.05) is 247 Å². The molecule has 0 radical (unpaired) electrons. The van der Waals surface area contributed by atoms with Crippen LogP contribution in [0.15, 0.2) is 0 Å². The fourth-order valence-corrected chi connectivity index (χ4v) is 10.5. The molecule has 0 aliphatic carbocycles. The van der Waals surface area contributed by atoms with Gasteiger partial charge in [-0.15, -0.1) is 0 Å². The van der Waals surface area contributed by atoms with Gasteiger partial charge >= 0.3 is 39.5 Å². The van der Waals surface area contributed by atoms with Gasteiger partial charge in [-0.2, -0.15) is 0 Å². The summed E-state index contributed by atoms with van der Waals surface area (Å²) in [7, 11) is -9.86. The Morgan fingerprint density at radius 2 is 0.582 bits per heavy atom. The van der Waals surface area contributed by atoms with Crippen molar-refractivity contribution in [1.82, 2.24) is 0 Å². The molecule has 17 nitrogen and oxygen atoms in total. The number of phosphoric ester groups is 2. The van der Waals surface area contributed by atoms with E-state index in [4.69, 9.17) is 37.0 Å². The second kappa shape index (κ2) is 54.0. The standard InChI is InChI=1S/C60H116O17P2/c1-6-9-12-15-17-18-26-30-34-39-44-58(63)71-50-56(77-60(65)46-41-36-31-27-24-22-20-19-21-23-25-29-33-37-42-53(4)5)52-75-79(68,69)73-48-54(61)47-72-78(66,67)74-51-55(49-70-57(62)43-38-32-14-11-8-3)76-59(64)45-40-35-28-16-13-10-7-2/h53-56,61H,6-52H2,1-5H3,(H,66,67)(H,68,69)/t54-,55+,56+/m0/s1. The quantitative estimate of drug-likeness (QED) is 0.0222. The molecule has 0 aliphatic heterocycles. The van der Waals surface area contributed by atoms with Crippen LogP contribution >= 0.6 is 15.6 Å². The maximum atomic E-state index is 12.9. The van der Waals surface area contributed by atoms with E-state index in [1.54, 1.807) is 0 Å². The molecule has 79 heavy (non-hydrogen) atoms. The second-order valence-corrected chi connectivity index (χ2v) is 25.1. The van der Waals surface area contributed by atoms with Gasteiger partial charge in [0.25, 0.3) is 0 Å². The van der Waals surface area contributed by atoms with Gasteiger partial charge in [0.2, 0.25) is 0 Å². The van der Waals surface area contributed by atoms with Crippen molar-refractivity contribution in [3.05, 3.63) is 0 Å². The molecule has 0 aromatic heterocycles. The van der Waals surface area contributed by atoms with Crippen molar-refractivity contribution in [2.75, 3.05) is 39.6 Å². The third-order valence-corrected chi connectivity index (χ3v) is 15.7. The van der Waals surface area contributed by atoms with Crippen molar-refractivity contribution in [1.29, 1.82) is 0 Å². The van der Waals surface area contributed by atoms with Crippen LogP contribution < -0.4 is 0 Å². The summed E-state index contributed by atoms with van der Waals surface area (Å²) in [5.74, 6) is -1.36. The van der Waals surface area contributed by atoms with Crippen LogP contribution in [-0.4, -0.2) is 96.7 Å². The zero-order valence-electron chi connectivity index (χ0n) is 50.5. The first-order chi connectivity index (χ1) is 38.0. The summed E-state index contributed by atoms with van der Waals surface area (Å²) in [5, 5.41) is 10.5. The molecule has 0 spiro atoms. The number of aliphatic hydroxyl groups excluding tert-OH is 1. The van der Waals surface area contributed by atoms with Gasteiger partial charge in [-0.25, -0.2) is 9.13 Å². The SMILES string of the molecule is CCCCCCCCCCCCC(=O)OC[C@H](COP(=O)(O)OC[C@@H](O)COP(=O)(O)OC[C@@H](COC(=O)CCCCCCC)OC(=O)CCCCCCCCC)OC(=O)CCCCCCCCCCCCCCCCC(C)C. The molecular formula is C60H116O17P2. The molecule has 0 bridgehead atoms. The van der Waals surface area contributed by atoms with Gasteiger partial charge in [0.15, 0.2) is 12.2 Å². The van der Waals surface area contributed by atoms with Gasteiger partial charge in [0.05, 0.1) is 26.4 Å². The van der Waals surface area contributed by atoms with Crippen molar-refractivity contribution in [2.24, 2.45) is 5.92 Å². The molecule has 2 unspecified atom stereocenters. The second-order valence-electron chi connectivity index (χ2n) is 22.2. The molecule has 3 N–H and O–H groups in total. The summed E-state index contributed by atoms with van der Waals surface area (Å²) in [4.78, 5) is 71.6. The summed E-state index contributed by atoms with van der Waals surface area (Å²) >= 11 is 0. The van der Waals surface area contributed by atoms with Crippen LogP contribution in [0.25, 0.3) is 0 Å². The number of carbonyl (C=O) groups excluding carboxylic acids is 4. The van der Waals surface area contributed by atoms with Gasteiger partial charge in [0, 0.05) is 25.7 Å². The first kappa shape index (κ1) is 77.1. The predicted octanol–water partition coefficient (Wildman–Crippen LogP) is 16.2. The molecule has 0 heterocycles. The molecule has 5 atom stereocenters. The Morgan fingerprint density at radius 3 is 0.861 bits per heavy atom. The summed E-state index contributed by atoms with van der Waals surface area (Å²) in [5.41, 5.74) is 0. The van der Waals surface area contributed by atoms with Gasteiger partial charge < -0.3 is 33.8 Å². The number of carbonyl (C=O) groups is 4. The van der Waals surface area contributed by atoms with E-state index < -0.39 is 97.5 Å². The minimum Gasteiger partial charge on any atom is -0.462 e. The van der Waals surface area contributed by atoms with E-state index in [-0.39, 0.29) is 25.7 Å². The summed E-state index contributed by atoms with van der Waals surface area (Å²) < 4.78 is 67.5. The molecule has 0 rings (SSSR count). The molecular weight excluding hydrogens is 1050 g/mol. The number of esters is 4. The zero-order valence-corrected chi connectivity index (χ0v) is 52.3. The Kier molecular flexibility index (Phi) is 52.7. The number of aliphatic hydroxyl groups is 1. The van der Waals surface area contributed by atoms with Crippen molar-refractivity contribution in [3.63, 3.8) is 0 Å². The van der Waals surface area contributed by atoms with Crippen molar-refractivity contribution >= 4 is 39.5 Å². The Hall–Kier alpha value is -1.94. The highest BCUT2D eigenvalue weighted by Crippen LogP contribution is 2.45. The van der Waals surface area contributed by atoms with Crippen molar-refractivity contribution < 1.29 is 80.2 Å². The lowest BCUT2D eigenvalue weighted by Gasteiger charge is -2.21. The highest BCUT2D eigenvalue weighted by Gasteiger charge is 2.30. The fourth-order valence-electron chi connectivity index (χ4n) is 8.88. The molecule has 468 valence electrons. The van der Waals surface area contributed by atoms with E-state index in [2.05, 4.69) is 34.6 Å². The van der Waals surface area contributed by atoms with Crippen LogP contribution in [0.2, 0.25) is 0 Å². The third-order valence-electron chi connectivity index (χ3n) is 13.8. The zero-order chi connectivity index (χ0) is 58.5. The number of phosphoric acid groups is 2. The van der Waals surface area contributed by atoms with E-state index >= 15 is 0 Å². The van der Waals surface area contributed by atoms with E-state index in [0.717, 1.165) is 115 Å². The van der Waals surface area contributed by atoms with E-state index in [1.807, 2.05) is 0 Å². The van der Waals surface area contributed by atoms with Crippen LogP contribution in [0.3, 0.4) is 0 Å². The van der Waals surface area contributed by atoms with Crippen LogP contribution in [0.5, 0.6) is 0 Å². The van der Waals surface area contributed by atoms with Gasteiger partial charge in [-0.05, 0) is 31.6 Å². The molecule has 0 aromatic rings. The maximum absolute atomic E-state index is 12.9. The summed E-state index contributed by atoms with van der Waals surface area (Å²) in [6, 6.07) is 0. The molecule has 0 aliphatic rings. The lowest BCUT2D eigenvalue weighted by Crippen LogP contribution is -2.30. The Morgan fingerprint density at radius 1 is 0.342 bits per heavy atom. The molecule has 0 amide bonds. The largest absolute Gasteiger partial charge is 0.472 e. The average molecular weight is 1170 g/mol. The number of hydrogen-bond acceptors (Lipinski definition) is 15. The monoisotopic (exact) mass is 1170 g/mol. The Labute approximate surface area is 479 Å². The van der Waals surface area contributed by atoms with Crippen LogP contribution in [0.4, 0.5) is 0 Å². The maximum Gasteiger partial charge on any atom is 0.472 e.